The molecule has 0 aliphatic heterocycles. The Bertz CT molecular complexity index is 461. The lowest BCUT2D eigenvalue weighted by Crippen LogP contribution is -2.27. The number of thiocarbonyl (C=S) groups is 1. The summed E-state index contributed by atoms with van der Waals surface area (Å²) < 4.78 is 0. The van der Waals surface area contributed by atoms with Crippen molar-refractivity contribution in [1.29, 1.82) is 0 Å². The average Bonchev–Trinajstić information content (AvgIpc) is 3.13. The highest BCUT2D eigenvalue weighted by Crippen LogP contribution is 2.18. The first-order chi connectivity index (χ1) is 8.66. The van der Waals surface area contributed by atoms with Crippen molar-refractivity contribution in [2.45, 2.75) is 25.3 Å². The number of hydrogen-bond acceptors (Lipinski definition) is 5. The van der Waals surface area contributed by atoms with Gasteiger partial charge in [0.25, 0.3) is 0 Å². The standard InChI is InChI=1S/C11H15N5OS/c12-10(18)8-3-6-14-16-11(8)13-5-4-9(17)15-7-1-2-7/h3,6-7H,1-2,4-5H2,(H2,12,18)(H,13,16)(H,15,17). The first-order valence-electron chi connectivity index (χ1n) is 5.81. The Morgan fingerprint density at radius 3 is 3.00 bits per heavy atom. The van der Waals surface area contributed by atoms with Gasteiger partial charge >= 0.3 is 0 Å². The van der Waals surface area contributed by atoms with Gasteiger partial charge in [0.15, 0.2) is 5.82 Å². The number of amides is 1. The van der Waals surface area contributed by atoms with Gasteiger partial charge in [-0.25, -0.2) is 0 Å². The molecule has 1 aliphatic carbocycles. The molecular formula is C11H15N5OS. The van der Waals surface area contributed by atoms with E-state index >= 15 is 0 Å². The van der Waals surface area contributed by atoms with E-state index in [0.29, 0.717) is 30.4 Å². The summed E-state index contributed by atoms with van der Waals surface area (Å²) in [5.41, 5.74) is 6.21. The summed E-state index contributed by atoms with van der Waals surface area (Å²) in [5.74, 6) is 0.565. The van der Waals surface area contributed by atoms with E-state index in [1.807, 2.05) is 0 Å². The molecule has 1 aromatic heterocycles. The zero-order valence-corrected chi connectivity index (χ0v) is 10.7. The van der Waals surface area contributed by atoms with Gasteiger partial charge in [-0.15, -0.1) is 5.10 Å². The summed E-state index contributed by atoms with van der Waals surface area (Å²) in [7, 11) is 0. The van der Waals surface area contributed by atoms with Crippen LogP contribution in [0, 0.1) is 0 Å². The fourth-order valence-electron chi connectivity index (χ4n) is 1.48. The number of carbonyl (C=O) groups excluding carboxylic acids is 1. The predicted molar refractivity (Wildman–Crippen MR) is 72.2 cm³/mol. The van der Waals surface area contributed by atoms with Crippen LogP contribution in [0.25, 0.3) is 0 Å². The Balaban J connectivity index is 1.82. The summed E-state index contributed by atoms with van der Waals surface area (Å²) in [5, 5.41) is 13.6. The minimum absolute atomic E-state index is 0.0470. The molecule has 2 rings (SSSR count). The Kier molecular flexibility index (Phi) is 4.03. The molecule has 0 atom stereocenters. The molecule has 1 heterocycles. The molecule has 1 aromatic rings. The summed E-state index contributed by atoms with van der Waals surface area (Å²) in [6.07, 6.45) is 4.10. The summed E-state index contributed by atoms with van der Waals surface area (Å²) >= 11 is 4.91. The maximum Gasteiger partial charge on any atom is 0.221 e. The third kappa shape index (κ3) is 3.63. The highest BCUT2D eigenvalue weighted by atomic mass is 32.1. The van der Waals surface area contributed by atoms with Crippen LogP contribution in [-0.2, 0) is 4.79 Å². The molecule has 0 radical (unpaired) electrons. The van der Waals surface area contributed by atoms with Crippen molar-refractivity contribution in [2.24, 2.45) is 5.73 Å². The molecule has 6 nitrogen and oxygen atoms in total. The van der Waals surface area contributed by atoms with Crippen LogP contribution in [0.15, 0.2) is 12.3 Å². The Hall–Kier alpha value is -1.76. The van der Waals surface area contributed by atoms with Crippen LogP contribution in [-0.4, -0.2) is 33.7 Å². The average molecular weight is 265 g/mol. The largest absolute Gasteiger partial charge is 0.389 e. The number of rotatable bonds is 6. The van der Waals surface area contributed by atoms with Crippen LogP contribution in [0.1, 0.15) is 24.8 Å². The van der Waals surface area contributed by atoms with Gasteiger partial charge < -0.3 is 16.4 Å². The van der Waals surface area contributed by atoms with Crippen LogP contribution in [0.3, 0.4) is 0 Å². The minimum Gasteiger partial charge on any atom is -0.389 e. The zero-order chi connectivity index (χ0) is 13.0. The highest BCUT2D eigenvalue weighted by Gasteiger charge is 2.22. The molecule has 4 N–H and O–H groups in total. The van der Waals surface area contributed by atoms with E-state index in [1.165, 1.54) is 6.20 Å². The van der Waals surface area contributed by atoms with Crippen LogP contribution < -0.4 is 16.4 Å². The van der Waals surface area contributed by atoms with Gasteiger partial charge in [-0.3, -0.25) is 4.79 Å². The molecule has 1 amide bonds. The molecule has 0 saturated heterocycles. The predicted octanol–water partition coefficient (Wildman–Crippen LogP) is 0.191. The van der Waals surface area contributed by atoms with Crippen molar-refractivity contribution in [3.63, 3.8) is 0 Å². The van der Waals surface area contributed by atoms with Gasteiger partial charge in [0, 0.05) is 19.0 Å². The first-order valence-corrected chi connectivity index (χ1v) is 6.22. The lowest BCUT2D eigenvalue weighted by Gasteiger charge is -2.08. The number of carbonyl (C=O) groups is 1. The molecule has 0 spiro atoms. The third-order valence-electron chi connectivity index (χ3n) is 2.57. The van der Waals surface area contributed by atoms with Gasteiger partial charge in [0.2, 0.25) is 5.91 Å². The maximum atomic E-state index is 11.5. The number of nitrogens with zero attached hydrogens (tertiary/aromatic N) is 2. The quantitative estimate of drug-likeness (QED) is 0.636. The SMILES string of the molecule is NC(=S)c1ccnnc1NCCC(=O)NC1CC1. The fraction of sp³-hybridized carbons (Fsp3) is 0.455. The van der Waals surface area contributed by atoms with Crippen molar-refractivity contribution in [1.82, 2.24) is 15.5 Å². The topological polar surface area (TPSA) is 92.9 Å². The number of nitrogens with two attached hydrogens (primary N) is 1. The molecule has 1 aliphatic rings. The second-order valence-electron chi connectivity index (χ2n) is 4.18. The molecule has 18 heavy (non-hydrogen) atoms. The normalized spacial score (nSPS) is 14.0. The maximum absolute atomic E-state index is 11.5. The smallest absolute Gasteiger partial charge is 0.221 e. The van der Waals surface area contributed by atoms with Crippen molar-refractivity contribution >= 4 is 28.9 Å². The molecular weight excluding hydrogens is 250 g/mol. The molecule has 1 fully saturated rings. The fourth-order valence-corrected chi connectivity index (χ4v) is 1.65. The van der Waals surface area contributed by atoms with Gasteiger partial charge in [0.05, 0.1) is 11.8 Å². The van der Waals surface area contributed by atoms with E-state index in [2.05, 4.69) is 20.8 Å². The van der Waals surface area contributed by atoms with Gasteiger partial charge in [0.1, 0.15) is 4.99 Å². The van der Waals surface area contributed by atoms with E-state index < -0.39 is 0 Å². The van der Waals surface area contributed by atoms with Crippen LogP contribution in [0.2, 0.25) is 0 Å². The number of anilines is 1. The summed E-state index contributed by atoms with van der Waals surface area (Å²) in [6, 6.07) is 2.09. The lowest BCUT2D eigenvalue weighted by molar-refractivity contribution is -0.120. The zero-order valence-electron chi connectivity index (χ0n) is 9.85. The molecule has 0 bridgehead atoms. The van der Waals surface area contributed by atoms with Gasteiger partial charge in [-0.05, 0) is 18.9 Å². The first kappa shape index (κ1) is 12.7. The number of nitrogens with one attached hydrogen (secondary N) is 2. The second-order valence-corrected chi connectivity index (χ2v) is 4.62. The third-order valence-corrected chi connectivity index (χ3v) is 2.79. The second kappa shape index (κ2) is 5.72. The van der Waals surface area contributed by atoms with Crippen molar-refractivity contribution in [3.05, 3.63) is 17.8 Å². The van der Waals surface area contributed by atoms with E-state index in [0.717, 1.165) is 12.8 Å². The molecule has 0 aromatic carbocycles. The van der Waals surface area contributed by atoms with E-state index in [-0.39, 0.29) is 10.9 Å². The Morgan fingerprint density at radius 2 is 2.33 bits per heavy atom. The molecule has 7 heteroatoms. The van der Waals surface area contributed by atoms with E-state index in [1.54, 1.807) is 6.07 Å². The number of aromatic nitrogens is 2. The van der Waals surface area contributed by atoms with Crippen molar-refractivity contribution < 1.29 is 4.79 Å². The molecule has 96 valence electrons. The minimum atomic E-state index is 0.0470. The van der Waals surface area contributed by atoms with E-state index in [4.69, 9.17) is 18.0 Å². The monoisotopic (exact) mass is 265 g/mol. The Morgan fingerprint density at radius 1 is 1.56 bits per heavy atom. The van der Waals surface area contributed by atoms with E-state index in [9.17, 15) is 4.79 Å². The van der Waals surface area contributed by atoms with Crippen LogP contribution in [0.5, 0.6) is 0 Å². The molecule has 1 saturated carbocycles. The Labute approximate surface area is 110 Å². The molecule has 0 unspecified atom stereocenters. The van der Waals surface area contributed by atoms with Gasteiger partial charge in [-0.2, -0.15) is 5.10 Å². The van der Waals surface area contributed by atoms with Crippen molar-refractivity contribution in [2.75, 3.05) is 11.9 Å². The van der Waals surface area contributed by atoms with Crippen LogP contribution in [0.4, 0.5) is 5.82 Å². The number of hydrogen-bond donors (Lipinski definition) is 3. The van der Waals surface area contributed by atoms with Crippen molar-refractivity contribution in [3.8, 4) is 0 Å². The lowest BCUT2D eigenvalue weighted by atomic mass is 10.2. The summed E-state index contributed by atoms with van der Waals surface area (Å²) in [6.45, 7) is 0.479. The summed E-state index contributed by atoms with van der Waals surface area (Å²) in [4.78, 5) is 11.7. The van der Waals surface area contributed by atoms with Gasteiger partial charge in [-0.1, -0.05) is 12.2 Å². The highest BCUT2D eigenvalue weighted by molar-refractivity contribution is 7.80. The van der Waals surface area contributed by atoms with Crippen LogP contribution >= 0.6 is 12.2 Å².